The molecule has 7 nitrogen and oxygen atoms in total. The van der Waals surface area contributed by atoms with E-state index in [0.717, 1.165) is 19.3 Å². The zero-order valence-corrected chi connectivity index (χ0v) is 16.3. The van der Waals surface area contributed by atoms with E-state index in [4.69, 9.17) is 19.8 Å². The molecule has 0 heterocycles. The number of hydrogen-bond acceptors (Lipinski definition) is 5. The molecule has 2 rings (SSSR count). The maximum Gasteiger partial charge on any atom is 0.303 e. The third-order valence-electron chi connectivity index (χ3n) is 5.07. The van der Waals surface area contributed by atoms with E-state index < -0.39 is 5.97 Å². The van der Waals surface area contributed by atoms with Gasteiger partial charge in [0, 0.05) is 18.5 Å². The summed E-state index contributed by atoms with van der Waals surface area (Å²) >= 11 is 0. The van der Waals surface area contributed by atoms with Crippen LogP contribution >= 0.6 is 0 Å². The number of methoxy groups -OCH3 is 1. The fraction of sp³-hybridized carbons (Fsp3) is 0.571. The standard InChI is InChI=1S/C21H28N2O5/c1-27-19-12-16(13-22)7-9-18(19)28-14-20(24)23-17(8-10-21(25)26)11-15-5-3-2-4-6-15/h7,9,12,15,17H,2-6,8,10-11,14H2,1H3,(H,23,24)(H,25,26). The molecule has 0 spiro atoms. The van der Waals surface area contributed by atoms with Gasteiger partial charge in [-0.05, 0) is 30.9 Å². The largest absolute Gasteiger partial charge is 0.493 e. The molecule has 2 N–H and O–H groups in total. The number of nitrogens with one attached hydrogen (secondary N) is 1. The van der Waals surface area contributed by atoms with Crippen LogP contribution in [0.15, 0.2) is 18.2 Å². The van der Waals surface area contributed by atoms with E-state index in [1.165, 1.54) is 26.4 Å². The van der Waals surface area contributed by atoms with Crippen molar-refractivity contribution in [2.75, 3.05) is 13.7 Å². The Balaban J connectivity index is 1.90. The van der Waals surface area contributed by atoms with Crippen molar-refractivity contribution in [1.82, 2.24) is 5.32 Å². The van der Waals surface area contributed by atoms with Crippen molar-refractivity contribution in [3.8, 4) is 17.6 Å². The molecule has 1 aliphatic carbocycles. The smallest absolute Gasteiger partial charge is 0.303 e. The van der Waals surface area contributed by atoms with E-state index in [-0.39, 0.29) is 25.0 Å². The van der Waals surface area contributed by atoms with E-state index in [1.54, 1.807) is 18.2 Å². The first-order valence-corrected chi connectivity index (χ1v) is 9.74. The highest BCUT2D eigenvalue weighted by atomic mass is 16.5. The van der Waals surface area contributed by atoms with Crippen LogP contribution in [0.1, 0.15) is 56.9 Å². The number of carbonyl (C=O) groups is 2. The predicted octanol–water partition coefficient (Wildman–Crippen LogP) is 3.27. The number of nitrogens with zero attached hydrogens (tertiary/aromatic N) is 1. The summed E-state index contributed by atoms with van der Waals surface area (Å²) in [5.74, 6) is 0.147. The maximum atomic E-state index is 12.4. The van der Waals surface area contributed by atoms with Gasteiger partial charge in [0.1, 0.15) is 0 Å². The molecule has 0 bridgehead atoms. The fourth-order valence-corrected chi connectivity index (χ4v) is 3.64. The van der Waals surface area contributed by atoms with Crippen LogP contribution in [0.5, 0.6) is 11.5 Å². The van der Waals surface area contributed by atoms with Gasteiger partial charge in [-0.1, -0.05) is 32.1 Å². The summed E-state index contributed by atoms with van der Waals surface area (Å²) in [5, 5.41) is 20.8. The quantitative estimate of drug-likeness (QED) is 0.637. The molecule has 1 fully saturated rings. The Morgan fingerprint density at radius 3 is 2.68 bits per heavy atom. The predicted molar refractivity (Wildman–Crippen MR) is 103 cm³/mol. The number of carboxylic acids is 1. The van der Waals surface area contributed by atoms with Gasteiger partial charge in [-0.15, -0.1) is 0 Å². The topological polar surface area (TPSA) is 109 Å². The molecule has 1 aromatic carbocycles. The van der Waals surface area contributed by atoms with Crippen molar-refractivity contribution in [1.29, 1.82) is 5.26 Å². The van der Waals surface area contributed by atoms with Crippen LogP contribution < -0.4 is 14.8 Å². The van der Waals surface area contributed by atoms with Crippen LogP contribution in [0.3, 0.4) is 0 Å². The van der Waals surface area contributed by atoms with E-state index in [9.17, 15) is 9.59 Å². The Morgan fingerprint density at radius 1 is 1.29 bits per heavy atom. The lowest BCUT2D eigenvalue weighted by Gasteiger charge is -2.27. The van der Waals surface area contributed by atoms with Crippen LogP contribution in [0, 0.1) is 17.2 Å². The summed E-state index contributed by atoms with van der Waals surface area (Å²) in [7, 11) is 1.47. The minimum Gasteiger partial charge on any atom is -0.493 e. The van der Waals surface area contributed by atoms with E-state index in [0.29, 0.717) is 29.4 Å². The molecular formula is C21H28N2O5. The molecule has 0 aromatic heterocycles. The summed E-state index contributed by atoms with van der Waals surface area (Å²) in [6.07, 6.45) is 7.18. The van der Waals surface area contributed by atoms with Crippen molar-refractivity contribution in [2.24, 2.45) is 5.92 Å². The minimum atomic E-state index is -0.860. The second kappa shape index (κ2) is 11.2. The van der Waals surface area contributed by atoms with Crippen LogP contribution in [-0.4, -0.2) is 36.7 Å². The van der Waals surface area contributed by atoms with Gasteiger partial charge in [0.15, 0.2) is 18.1 Å². The van der Waals surface area contributed by atoms with Gasteiger partial charge in [-0.25, -0.2) is 0 Å². The molecule has 1 unspecified atom stereocenters. The molecule has 0 radical (unpaired) electrons. The highest BCUT2D eigenvalue weighted by Gasteiger charge is 2.21. The molecular weight excluding hydrogens is 360 g/mol. The zero-order chi connectivity index (χ0) is 20.4. The Bertz CT molecular complexity index is 707. The minimum absolute atomic E-state index is 0.0297. The summed E-state index contributed by atoms with van der Waals surface area (Å²) in [6, 6.07) is 6.58. The summed E-state index contributed by atoms with van der Waals surface area (Å²) < 4.78 is 10.7. The molecule has 28 heavy (non-hydrogen) atoms. The first-order chi connectivity index (χ1) is 13.5. The van der Waals surface area contributed by atoms with Crippen LogP contribution in [0.2, 0.25) is 0 Å². The monoisotopic (exact) mass is 388 g/mol. The number of carbonyl (C=O) groups excluding carboxylic acids is 1. The van der Waals surface area contributed by atoms with E-state index in [1.807, 2.05) is 6.07 Å². The molecule has 152 valence electrons. The number of hydrogen-bond donors (Lipinski definition) is 2. The summed E-state index contributed by atoms with van der Waals surface area (Å²) in [5.41, 5.74) is 0.440. The van der Waals surface area contributed by atoms with Crippen LogP contribution in [-0.2, 0) is 9.59 Å². The van der Waals surface area contributed by atoms with Crippen molar-refractivity contribution in [3.63, 3.8) is 0 Å². The number of nitriles is 1. The average Bonchev–Trinajstić information content (AvgIpc) is 2.71. The number of amides is 1. The summed E-state index contributed by atoms with van der Waals surface area (Å²) in [6.45, 7) is -0.198. The van der Waals surface area contributed by atoms with Crippen LogP contribution in [0.4, 0.5) is 0 Å². The Morgan fingerprint density at radius 2 is 2.04 bits per heavy atom. The van der Waals surface area contributed by atoms with Crippen LogP contribution in [0.25, 0.3) is 0 Å². The van der Waals surface area contributed by atoms with Crippen molar-refractivity contribution < 1.29 is 24.2 Å². The van der Waals surface area contributed by atoms with Gasteiger partial charge in [-0.3, -0.25) is 9.59 Å². The fourth-order valence-electron chi connectivity index (χ4n) is 3.64. The van der Waals surface area contributed by atoms with Crippen molar-refractivity contribution >= 4 is 11.9 Å². The highest BCUT2D eigenvalue weighted by Crippen LogP contribution is 2.29. The van der Waals surface area contributed by atoms with Crippen molar-refractivity contribution in [3.05, 3.63) is 23.8 Å². The van der Waals surface area contributed by atoms with Gasteiger partial charge >= 0.3 is 5.97 Å². The van der Waals surface area contributed by atoms with Gasteiger partial charge < -0.3 is 19.9 Å². The SMILES string of the molecule is COc1cc(C#N)ccc1OCC(=O)NC(CCC(=O)O)CC1CCCCC1. The Kier molecular flexibility index (Phi) is 8.60. The second-order valence-corrected chi connectivity index (χ2v) is 7.20. The number of ether oxygens (including phenoxy) is 2. The first kappa shape index (κ1) is 21.5. The van der Waals surface area contributed by atoms with Gasteiger partial charge in [0.25, 0.3) is 5.91 Å². The molecule has 0 aliphatic heterocycles. The van der Waals surface area contributed by atoms with E-state index in [2.05, 4.69) is 5.32 Å². The lowest BCUT2D eigenvalue weighted by atomic mass is 9.84. The first-order valence-electron chi connectivity index (χ1n) is 9.74. The molecule has 7 heteroatoms. The molecule has 1 aliphatic rings. The number of aliphatic carboxylic acids is 1. The maximum absolute atomic E-state index is 12.4. The molecule has 1 saturated carbocycles. The molecule has 1 aromatic rings. The molecule has 1 amide bonds. The average molecular weight is 388 g/mol. The van der Waals surface area contributed by atoms with E-state index >= 15 is 0 Å². The lowest BCUT2D eigenvalue weighted by Crippen LogP contribution is -2.39. The second-order valence-electron chi connectivity index (χ2n) is 7.20. The summed E-state index contributed by atoms with van der Waals surface area (Å²) in [4.78, 5) is 23.3. The van der Waals surface area contributed by atoms with Crippen molar-refractivity contribution in [2.45, 2.75) is 57.4 Å². The highest BCUT2D eigenvalue weighted by molar-refractivity contribution is 5.78. The number of rotatable bonds is 10. The third-order valence-corrected chi connectivity index (χ3v) is 5.07. The van der Waals surface area contributed by atoms with Gasteiger partial charge in [-0.2, -0.15) is 5.26 Å². The lowest BCUT2D eigenvalue weighted by molar-refractivity contribution is -0.137. The molecule has 1 atom stereocenters. The third kappa shape index (κ3) is 7.10. The number of carboxylic acid groups (broad SMARTS) is 1. The normalized spacial score (nSPS) is 15.3. The van der Waals surface area contributed by atoms with Gasteiger partial charge in [0.2, 0.25) is 0 Å². The van der Waals surface area contributed by atoms with Gasteiger partial charge in [0.05, 0.1) is 18.7 Å². The molecule has 0 saturated heterocycles. The Labute approximate surface area is 165 Å². The number of benzene rings is 1. The zero-order valence-electron chi connectivity index (χ0n) is 16.3. The Hall–Kier alpha value is -2.75.